The minimum Gasteiger partial charge on any atom is -0.497 e. The summed E-state index contributed by atoms with van der Waals surface area (Å²) >= 11 is 0. The number of hydrogen-bond acceptors (Lipinski definition) is 4. The first-order chi connectivity index (χ1) is 11.0. The summed E-state index contributed by atoms with van der Waals surface area (Å²) in [5, 5.41) is 13.5. The van der Waals surface area contributed by atoms with Crippen molar-refractivity contribution in [2.45, 2.75) is 6.92 Å². The van der Waals surface area contributed by atoms with E-state index in [-0.39, 0.29) is 11.6 Å². The van der Waals surface area contributed by atoms with E-state index in [4.69, 9.17) is 4.74 Å². The Labute approximate surface area is 133 Å². The predicted octanol–water partition coefficient (Wildman–Crippen LogP) is 3.56. The normalized spacial score (nSPS) is 10.5. The topological polar surface area (TPSA) is 81.5 Å². The average Bonchev–Trinajstić information content (AvgIpc) is 2.55. The van der Waals surface area contributed by atoms with Gasteiger partial charge in [-0.25, -0.2) is 0 Å². The van der Waals surface area contributed by atoms with Crippen LogP contribution in [0.15, 0.2) is 48.5 Å². The average molecular weight is 312 g/mol. The summed E-state index contributed by atoms with van der Waals surface area (Å²) in [5.41, 5.74) is 1.74. The fourth-order valence-electron chi connectivity index (χ4n) is 1.95. The van der Waals surface area contributed by atoms with Gasteiger partial charge in [0.2, 0.25) is 5.91 Å². The van der Waals surface area contributed by atoms with E-state index < -0.39 is 4.92 Å². The number of anilines is 1. The maximum Gasteiger partial charge on any atom is 0.274 e. The second-order valence-electron chi connectivity index (χ2n) is 4.85. The molecule has 2 rings (SSSR count). The lowest BCUT2D eigenvalue weighted by atomic mass is 10.2. The summed E-state index contributed by atoms with van der Waals surface area (Å²) < 4.78 is 5.06. The number of nitrogens with zero attached hydrogens (tertiary/aromatic N) is 1. The van der Waals surface area contributed by atoms with Crippen molar-refractivity contribution in [3.63, 3.8) is 0 Å². The lowest BCUT2D eigenvalue weighted by Crippen LogP contribution is -2.08. The molecule has 23 heavy (non-hydrogen) atoms. The van der Waals surface area contributed by atoms with Gasteiger partial charge in [0.05, 0.1) is 12.0 Å². The third kappa shape index (κ3) is 4.41. The maximum absolute atomic E-state index is 11.9. The molecule has 0 heterocycles. The van der Waals surface area contributed by atoms with Crippen molar-refractivity contribution in [2.75, 3.05) is 12.4 Å². The largest absolute Gasteiger partial charge is 0.497 e. The molecule has 6 heteroatoms. The lowest BCUT2D eigenvalue weighted by molar-refractivity contribution is -0.385. The zero-order valence-electron chi connectivity index (χ0n) is 12.8. The molecule has 0 aromatic heterocycles. The quantitative estimate of drug-likeness (QED) is 0.520. The molecule has 0 aliphatic rings. The Bertz CT molecular complexity index is 752. The van der Waals surface area contributed by atoms with Crippen LogP contribution < -0.4 is 10.1 Å². The molecule has 1 amide bonds. The number of amides is 1. The molecule has 0 aliphatic carbocycles. The van der Waals surface area contributed by atoms with E-state index in [0.29, 0.717) is 11.3 Å². The standard InChI is InChI=1S/C17H16N2O4/c1-12-3-7-14(11-16(12)19(21)22)18-17(20)10-6-13-4-8-15(23-2)9-5-13/h3-11H,1-2H3,(H,18,20)/b10-6-. The molecular weight excluding hydrogens is 296 g/mol. The third-order valence-electron chi connectivity index (χ3n) is 3.22. The van der Waals surface area contributed by atoms with Gasteiger partial charge in [-0.15, -0.1) is 0 Å². The van der Waals surface area contributed by atoms with Gasteiger partial charge in [0.1, 0.15) is 5.75 Å². The Morgan fingerprint density at radius 1 is 1.22 bits per heavy atom. The van der Waals surface area contributed by atoms with E-state index in [1.165, 1.54) is 12.1 Å². The van der Waals surface area contributed by atoms with E-state index in [1.54, 1.807) is 44.4 Å². The van der Waals surface area contributed by atoms with Gasteiger partial charge >= 0.3 is 0 Å². The lowest BCUT2D eigenvalue weighted by Gasteiger charge is -2.04. The van der Waals surface area contributed by atoms with Crippen LogP contribution in [-0.4, -0.2) is 17.9 Å². The molecule has 0 unspecified atom stereocenters. The number of methoxy groups -OCH3 is 1. The Morgan fingerprint density at radius 2 is 1.91 bits per heavy atom. The van der Waals surface area contributed by atoms with Gasteiger partial charge in [-0.3, -0.25) is 14.9 Å². The molecule has 0 spiro atoms. The van der Waals surface area contributed by atoms with E-state index in [1.807, 2.05) is 12.1 Å². The summed E-state index contributed by atoms with van der Waals surface area (Å²) in [6.45, 7) is 1.65. The van der Waals surface area contributed by atoms with Crippen LogP contribution in [0.3, 0.4) is 0 Å². The van der Waals surface area contributed by atoms with E-state index in [9.17, 15) is 14.9 Å². The summed E-state index contributed by atoms with van der Waals surface area (Å²) in [6, 6.07) is 11.8. The van der Waals surface area contributed by atoms with Crippen molar-refractivity contribution < 1.29 is 14.5 Å². The van der Waals surface area contributed by atoms with Crippen LogP contribution in [0.25, 0.3) is 6.08 Å². The fraction of sp³-hybridized carbons (Fsp3) is 0.118. The molecule has 118 valence electrons. The van der Waals surface area contributed by atoms with Crippen LogP contribution >= 0.6 is 0 Å². The second kappa shape index (κ2) is 7.22. The Morgan fingerprint density at radius 3 is 2.52 bits per heavy atom. The number of nitrogens with one attached hydrogen (secondary N) is 1. The molecule has 1 N–H and O–H groups in total. The summed E-state index contributed by atoms with van der Waals surface area (Å²) in [5.74, 6) is 0.373. The molecule has 2 aromatic carbocycles. The SMILES string of the molecule is COc1ccc(/C=C\C(=O)Nc2ccc(C)c([N+](=O)[O-])c2)cc1. The van der Waals surface area contributed by atoms with Gasteiger partial charge in [0.25, 0.3) is 5.69 Å². The monoisotopic (exact) mass is 312 g/mol. The number of nitro groups is 1. The van der Waals surface area contributed by atoms with Crippen molar-refractivity contribution in [2.24, 2.45) is 0 Å². The van der Waals surface area contributed by atoms with Gasteiger partial charge in [-0.2, -0.15) is 0 Å². The van der Waals surface area contributed by atoms with Crippen LogP contribution in [0.4, 0.5) is 11.4 Å². The fourth-order valence-corrected chi connectivity index (χ4v) is 1.95. The van der Waals surface area contributed by atoms with Crippen molar-refractivity contribution in [3.05, 3.63) is 69.8 Å². The van der Waals surface area contributed by atoms with Gasteiger partial charge in [-0.05, 0) is 36.8 Å². The van der Waals surface area contributed by atoms with Crippen LogP contribution in [-0.2, 0) is 4.79 Å². The number of carbonyl (C=O) groups excluding carboxylic acids is 1. The molecule has 0 saturated carbocycles. The highest BCUT2D eigenvalue weighted by atomic mass is 16.6. The number of aryl methyl sites for hydroxylation is 1. The zero-order valence-corrected chi connectivity index (χ0v) is 12.8. The molecule has 0 saturated heterocycles. The molecule has 0 bridgehead atoms. The van der Waals surface area contributed by atoms with Crippen molar-refractivity contribution in [1.82, 2.24) is 0 Å². The zero-order chi connectivity index (χ0) is 16.8. The molecule has 0 fully saturated rings. The van der Waals surface area contributed by atoms with Crippen LogP contribution in [0, 0.1) is 17.0 Å². The minimum atomic E-state index is -0.474. The first-order valence-electron chi connectivity index (χ1n) is 6.88. The summed E-state index contributed by atoms with van der Waals surface area (Å²) in [6.07, 6.45) is 3.02. The number of benzene rings is 2. The van der Waals surface area contributed by atoms with E-state index in [0.717, 1.165) is 11.3 Å². The summed E-state index contributed by atoms with van der Waals surface area (Å²) in [7, 11) is 1.58. The minimum absolute atomic E-state index is 0.0260. The first kappa shape index (κ1) is 16.2. The highest BCUT2D eigenvalue weighted by molar-refractivity contribution is 6.02. The Balaban J connectivity index is 2.05. The summed E-state index contributed by atoms with van der Waals surface area (Å²) in [4.78, 5) is 22.3. The van der Waals surface area contributed by atoms with Crippen LogP contribution in [0.5, 0.6) is 5.75 Å². The highest BCUT2D eigenvalue weighted by Crippen LogP contribution is 2.22. The smallest absolute Gasteiger partial charge is 0.274 e. The second-order valence-corrected chi connectivity index (χ2v) is 4.85. The molecule has 0 atom stereocenters. The predicted molar refractivity (Wildman–Crippen MR) is 88.5 cm³/mol. The molecule has 6 nitrogen and oxygen atoms in total. The molecule has 0 radical (unpaired) electrons. The Hall–Kier alpha value is -3.15. The number of nitro benzene ring substituents is 1. The molecule has 2 aromatic rings. The van der Waals surface area contributed by atoms with Gasteiger partial charge in [-0.1, -0.05) is 18.2 Å². The van der Waals surface area contributed by atoms with Crippen molar-refractivity contribution >= 4 is 23.4 Å². The van der Waals surface area contributed by atoms with Crippen molar-refractivity contribution in [3.8, 4) is 5.75 Å². The van der Waals surface area contributed by atoms with Gasteiger partial charge in [0, 0.05) is 23.4 Å². The molecular formula is C17H16N2O4. The van der Waals surface area contributed by atoms with Crippen molar-refractivity contribution in [1.29, 1.82) is 0 Å². The number of carbonyl (C=O) groups is 1. The number of ether oxygens (including phenoxy) is 1. The van der Waals surface area contributed by atoms with E-state index >= 15 is 0 Å². The third-order valence-corrected chi connectivity index (χ3v) is 3.22. The van der Waals surface area contributed by atoms with Gasteiger partial charge < -0.3 is 10.1 Å². The van der Waals surface area contributed by atoms with Gasteiger partial charge in [0.15, 0.2) is 0 Å². The number of hydrogen-bond donors (Lipinski definition) is 1. The number of rotatable bonds is 5. The Kier molecular flexibility index (Phi) is 5.09. The first-order valence-corrected chi connectivity index (χ1v) is 6.88. The molecule has 0 aliphatic heterocycles. The van der Waals surface area contributed by atoms with E-state index in [2.05, 4.69) is 5.32 Å². The highest BCUT2D eigenvalue weighted by Gasteiger charge is 2.11. The van der Waals surface area contributed by atoms with Crippen LogP contribution in [0.2, 0.25) is 0 Å². The van der Waals surface area contributed by atoms with Crippen LogP contribution in [0.1, 0.15) is 11.1 Å². The maximum atomic E-state index is 11.9.